The van der Waals surface area contributed by atoms with E-state index in [-0.39, 0.29) is 0 Å². The van der Waals surface area contributed by atoms with Crippen molar-refractivity contribution in [2.24, 2.45) is 0 Å². The molecular formula is C16H13Cl2N3O. The van der Waals surface area contributed by atoms with Gasteiger partial charge in [-0.15, -0.1) is 0 Å². The molecule has 0 amide bonds. The lowest BCUT2D eigenvalue weighted by molar-refractivity contribution is 0.108. The quantitative estimate of drug-likeness (QED) is 0.530. The molecule has 0 aromatic carbocycles. The predicted octanol–water partition coefficient (Wildman–Crippen LogP) is 4.30. The number of pyridine rings is 1. The number of hydrogen-bond donors (Lipinski definition) is 0. The number of halogens is 2. The molecule has 0 N–H and O–H groups in total. The number of aromatic nitrogens is 3. The van der Waals surface area contributed by atoms with E-state index in [1.165, 1.54) is 0 Å². The van der Waals surface area contributed by atoms with Gasteiger partial charge in [-0.05, 0) is 54.8 Å². The molecule has 0 fully saturated rings. The van der Waals surface area contributed by atoms with Gasteiger partial charge in [0.1, 0.15) is 5.15 Å². The van der Waals surface area contributed by atoms with E-state index in [2.05, 4.69) is 17.0 Å². The second-order valence-corrected chi connectivity index (χ2v) is 5.68. The lowest BCUT2D eigenvalue weighted by atomic mass is 10.0. The summed E-state index contributed by atoms with van der Waals surface area (Å²) in [5, 5.41) is 4.33. The summed E-state index contributed by atoms with van der Waals surface area (Å²) in [7, 11) is 0. The van der Waals surface area contributed by atoms with Gasteiger partial charge in [0, 0.05) is 17.5 Å². The van der Waals surface area contributed by atoms with Gasteiger partial charge < -0.3 is 0 Å². The van der Waals surface area contributed by atoms with E-state index < -0.39 is 5.24 Å². The molecule has 0 radical (unpaired) electrons. The molecule has 0 spiro atoms. The topological polar surface area (TPSA) is 47.3 Å². The molecular weight excluding hydrogens is 321 g/mol. The third-order valence-electron chi connectivity index (χ3n) is 3.63. The van der Waals surface area contributed by atoms with E-state index in [0.717, 1.165) is 28.8 Å². The van der Waals surface area contributed by atoms with Crippen molar-refractivity contribution in [1.82, 2.24) is 14.6 Å². The fraction of sp³-hybridized carbons (Fsp3) is 0.188. The van der Waals surface area contributed by atoms with E-state index >= 15 is 0 Å². The van der Waals surface area contributed by atoms with Crippen LogP contribution in [0.1, 0.15) is 28.7 Å². The zero-order chi connectivity index (χ0) is 15.9. The number of hydrogen-bond acceptors (Lipinski definition) is 3. The van der Waals surface area contributed by atoms with E-state index in [1.807, 2.05) is 22.7 Å². The van der Waals surface area contributed by atoms with Crippen molar-refractivity contribution in [2.75, 3.05) is 0 Å². The second-order valence-electron chi connectivity index (χ2n) is 4.95. The number of nitrogens with zero attached hydrogens (tertiary/aromatic N) is 3. The normalized spacial score (nSPS) is 11.1. The number of fused-ring (bicyclic) bond motifs is 1. The lowest BCUT2D eigenvalue weighted by Gasteiger charge is -2.13. The molecule has 3 aromatic rings. The maximum atomic E-state index is 11.9. The van der Waals surface area contributed by atoms with Crippen LogP contribution < -0.4 is 0 Å². The van der Waals surface area contributed by atoms with Gasteiger partial charge in [-0.1, -0.05) is 18.5 Å². The molecule has 3 rings (SSSR count). The molecule has 0 aliphatic heterocycles. The average molecular weight is 334 g/mol. The summed E-state index contributed by atoms with van der Waals surface area (Å²) < 4.78 is 1.85. The van der Waals surface area contributed by atoms with Gasteiger partial charge in [-0.25, -0.2) is 9.50 Å². The Hall–Kier alpha value is -1.91. The van der Waals surface area contributed by atoms with Crippen LogP contribution in [0.2, 0.25) is 5.15 Å². The Morgan fingerprint density at radius 1 is 1.32 bits per heavy atom. The van der Waals surface area contributed by atoms with Gasteiger partial charge in [-0.2, -0.15) is 5.10 Å². The molecule has 0 saturated carbocycles. The summed E-state index contributed by atoms with van der Waals surface area (Å²) in [5.41, 5.74) is 4.40. The number of rotatable bonds is 3. The Kier molecular flexibility index (Phi) is 3.89. The van der Waals surface area contributed by atoms with E-state index in [9.17, 15) is 4.79 Å². The van der Waals surface area contributed by atoms with Crippen molar-refractivity contribution in [3.8, 4) is 11.1 Å². The maximum Gasteiger partial charge on any atom is 0.254 e. The third kappa shape index (κ3) is 2.38. The summed E-state index contributed by atoms with van der Waals surface area (Å²) in [5.74, 6) is 0. The van der Waals surface area contributed by atoms with E-state index in [1.54, 1.807) is 19.2 Å². The Morgan fingerprint density at radius 3 is 2.73 bits per heavy atom. The van der Waals surface area contributed by atoms with Crippen molar-refractivity contribution >= 4 is 34.0 Å². The molecule has 112 valence electrons. The minimum Gasteiger partial charge on any atom is -0.276 e. The molecule has 0 saturated heterocycles. The predicted molar refractivity (Wildman–Crippen MR) is 87.7 cm³/mol. The first kappa shape index (κ1) is 15.0. The maximum absolute atomic E-state index is 11.9. The first-order valence-electron chi connectivity index (χ1n) is 6.86. The van der Waals surface area contributed by atoms with Crippen molar-refractivity contribution in [3.63, 3.8) is 0 Å². The van der Waals surface area contributed by atoms with Gasteiger partial charge in [0.15, 0.2) is 0 Å². The highest BCUT2D eigenvalue weighted by Gasteiger charge is 2.20. The molecule has 22 heavy (non-hydrogen) atoms. The summed E-state index contributed by atoms with van der Waals surface area (Å²) in [6.07, 6.45) is 2.45. The van der Waals surface area contributed by atoms with Gasteiger partial charge in [0.05, 0.1) is 16.8 Å². The Balaban J connectivity index is 2.46. The average Bonchev–Trinajstić information content (AvgIpc) is 2.87. The minimum atomic E-state index is -0.533. The highest BCUT2D eigenvalue weighted by molar-refractivity contribution is 6.68. The molecule has 4 nitrogen and oxygen atoms in total. The number of aryl methyl sites for hydroxylation is 2. The second kappa shape index (κ2) is 5.71. The van der Waals surface area contributed by atoms with Crippen LogP contribution >= 0.6 is 23.2 Å². The summed E-state index contributed by atoms with van der Waals surface area (Å²) >= 11 is 11.8. The first-order valence-corrected chi connectivity index (χ1v) is 7.61. The molecule has 0 bridgehead atoms. The van der Waals surface area contributed by atoms with Crippen molar-refractivity contribution in [3.05, 3.63) is 52.6 Å². The number of carbonyl (C=O) groups is 1. The largest absolute Gasteiger partial charge is 0.276 e. The molecule has 3 aromatic heterocycles. The number of carbonyl (C=O) groups excluding carboxylic acids is 1. The summed E-state index contributed by atoms with van der Waals surface area (Å²) in [6, 6.07) is 7.47. The fourth-order valence-electron chi connectivity index (χ4n) is 2.65. The smallest absolute Gasteiger partial charge is 0.254 e. The van der Waals surface area contributed by atoms with Crippen molar-refractivity contribution < 1.29 is 4.79 Å². The fourth-order valence-corrected chi connectivity index (χ4v) is 3.05. The van der Waals surface area contributed by atoms with Crippen LogP contribution in [0.4, 0.5) is 0 Å². The van der Waals surface area contributed by atoms with Crippen LogP contribution in [-0.4, -0.2) is 19.8 Å². The third-order valence-corrected chi connectivity index (χ3v) is 4.02. The van der Waals surface area contributed by atoms with Gasteiger partial charge in [-0.3, -0.25) is 4.79 Å². The minimum absolute atomic E-state index is 0.361. The standard InChI is InChI=1S/C16H13Cl2N3O/c1-3-11-4-5-12-15(10-6-7-19-13(17)8-10)14(16(18)22)9(2)20-21(11)12/h4-8H,3H2,1-2H3. The van der Waals surface area contributed by atoms with Crippen LogP contribution in [0.25, 0.3) is 16.6 Å². The van der Waals surface area contributed by atoms with Crippen LogP contribution in [0, 0.1) is 6.92 Å². The zero-order valence-electron chi connectivity index (χ0n) is 12.1. The molecule has 3 heterocycles. The van der Waals surface area contributed by atoms with Gasteiger partial charge in [0.25, 0.3) is 5.24 Å². The van der Waals surface area contributed by atoms with Crippen LogP contribution in [0.3, 0.4) is 0 Å². The van der Waals surface area contributed by atoms with Gasteiger partial charge in [0.2, 0.25) is 0 Å². The van der Waals surface area contributed by atoms with Crippen LogP contribution in [-0.2, 0) is 6.42 Å². The van der Waals surface area contributed by atoms with Gasteiger partial charge >= 0.3 is 0 Å². The zero-order valence-corrected chi connectivity index (χ0v) is 13.6. The monoisotopic (exact) mass is 333 g/mol. The Bertz CT molecular complexity index is 886. The van der Waals surface area contributed by atoms with E-state index in [0.29, 0.717) is 16.4 Å². The first-order chi connectivity index (χ1) is 10.5. The molecule has 0 atom stereocenters. The van der Waals surface area contributed by atoms with Crippen molar-refractivity contribution in [1.29, 1.82) is 0 Å². The summed E-state index contributed by atoms with van der Waals surface area (Å²) in [6.45, 7) is 3.84. The van der Waals surface area contributed by atoms with E-state index in [4.69, 9.17) is 23.2 Å². The summed E-state index contributed by atoms with van der Waals surface area (Å²) in [4.78, 5) is 15.9. The van der Waals surface area contributed by atoms with Crippen LogP contribution in [0.15, 0.2) is 30.5 Å². The molecule has 0 unspecified atom stereocenters. The molecule has 0 aliphatic rings. The molecule has 0 aliphatic carbocycles. The van der Waals surface area contributed by atoms with Crippen LogP contribution in [0.5, 0.6) is 0 Å². The highest BCUT2D eigenvalue weighted by atomic mass is 35.5. The SMILES string of the molecule is CCc1ccc2c(-c3ccnc(Cl)c3)c(C(=O)Cl)c(C)nn12. The Morgan fingerprint density at radius 2 is 2.09 bits per heavy atom. The van der Waals surface area contributed by atoms with Crippen molar-refractivity contribution in [2.45, 2.75) is 20.3 Å². The Labute approximate surface area is 137 Å². The lowest BCUT2D eigenvalue weighted by Crippen LogP contribution is -2.07. The molecule has 6 heteroatoms. The highest BCUT2D eigenvalue weighted by Crippen LogP contribution is 2.33.